The summed E-state index contributed by atoms with van der Waals surface area (Å²) < 4.78 is 15.9. The van der Waals surface area contributed by atoms with E-state index in [-0.39, 0.29) is 5.91 Å². The van der Waals surface area contributed by atoms with Crippen LogP contribution in [0.15, 0.2) is 30.3 Å². The van der Waals surface area contributed by atoms with Crippen LogP contribution >= 0.6 is 34.5 Å². The Balaban J connectivity index is 1.90. The molecule has 1 N–H and O–H groups in total. The van der Waals surface area contributed by atoms with Crippen LogP contribution in [0.1, 0.15) is 15.2 Å². The van der Waals surface area contributed by atoms with Gasteiger partial charge in [-0.1, -0.05) is 23.2 Å². The fourth-order valence-corrected chi connectivity index (χ4v) is 4.08. The number of anilines is 1. The lowest BCUT2D eigenvalue weighted by atomic mass is 10.1. The molecule has 0 unspecified atom stereocenters. The van der Waals surface area contributed by atoms with E-state index in [0.29, 0.717) is 43.7 Å². The number of aromatic nitrogens is 1. The first-order valence-corrected chi connectivity index (χ1v) is 9.99. The van der Waals surface area contributed by atoms with Crippen molar-refractivity contribution in [3.05, 3.63) is 50.8 Å². The van der Waals surface area contributed by atoms with Gasteiger partial charge in [-0.25, -0.2) is 4.98 Å². The number of benzene rings is 2. The van der Waals surface area contributed by atoms with Crippen LogP contribution in [0.3, 0.4) is 0 Å². The van der Waals surface area contributed by atoms with Crippen molar-refractivity contribution in [2.45, 2.75) is 6.92 Å². The lowest BCUT2D eigenvalue weighted by Crippen LogP contribution is -2.12. The molecule has 2 aromatic carbocycles. The van der Waals surface area contributed by atoms with Crippen molar-refractivity contribution in [3.8, 4) is 28.5 Å². The third-order valence-electron chi connectivity index (χ3n) is 4.13. The molecule has 1 amide bonds. The molecule has 1 aromatic heterocycles. The summed E-state index contributed by atoms with van der Waals surface area (Å²) in [5.74, 6) is 0.838. The molecular formula is C20H18Cl2N2O4S. The van der Waals surface area contributed by atoms with Crippen LogP contribution in [0, 0.1) is 6.92 Å². The molecule has 9 heteroatoms. The zero-order valence-electron chi connectivity index (χ0n) is 16.1. The van der Waals surface area contributed by atoms with E-state index in [4.69, 9.17) is 37.4 Å². The summed E-state index contributed by atoms with van der Waals surface area (Å²) in [5, 5.41) is 4.29. The Bertz CT molecular complexity index is 1040. The molecule has 3 aromatic rings. The van der Waals surface area contributed by atoms with Crippen LogP contribution in [0.25, 0.3) is 11.3 Å². The quantitative estimate of drug-likeness (QED) is 0.518. The fraction of sp³-hybridized carbons (Fsp3) is 0.200. The van der Waals surface area contributed by atoms with Crippen molar-refractivity contribution >= 4 is 45.6 Å². The number of nitrogens with one attached hydrogen (secondary N) is 1. The van der Waals surface area contributed by atoms with Gasteiger partial charge in [0.25, 0.3) is 5.91 Å². The number of ether oxygens (including phenoxy) is 3. The largest absolute Gasteiger partial charge is 0.493 e. The summed E-state index contributed by atoms with van der Waals surface area (Å²) in [6, 6.07) is 8.36. The zero-order chi connectivity index (χ0) is 21.1. The molecule has 152 valence electrons. The molecule has 3 rings (SSSR count). The summed E-state index contributed by atoms with van der Waals surface area (Å²) in [5.41, 5.74) is 1.79. The second-order valence-corrected chi connectivity index (χ2v) is 7.96. The van der Waals surface area contributed by atoms with Crippen LogP contribution in [0.2, 0.25) is 10.0 Å². The molecule has 0 saturated heterocycles. The number of methoxy groups -OCH3 is 3. The Morgan fingerprint density at radius 3 is 2.24 bits per heavy atom. The number of thiazole rings is 1. The van der Waals surface area contributed by atoms with Gasteiger partial charge in [0.1, 0.15) is 0 Å². The Morgan fingerprint density at radius 2 is 1.69 bits per heavy atom. The van der Waals surface area contributed by atoms with Gasteiger partial charge in [0.05, 0.1) is 32.0 Å². The van der Waals surface area contributed by atoms with Crippen molar-refractivity contribution in [1.82, 2.24) is 4.98 Å². The van der Waals surface area contributed by atoms with Crippen LogP contribution in [0.5, 0.6) is 17.2 Å². The molecule has 0 bridgehead atoms. The molecule has 0 radical (unpaired) electrons. The monoisotopic (exact) mass is 452 g/mol. The minimum absolute atomic E-state index is 0.346. The SMILES string of the molecule is COc1cc(C(=O)Nc2nc(-c3ccc(Cl)cc3Cl)c(C)s2)cc(OC)c1OC. The summed E-state index contributed by atoms with van der Waals surface area (Å²) in [6.45, 7) is 1.91. The number of carbonyl (C=O) groups is 1. The van der Waals surface area contributed by atoms with Gasteiger partial charge >= 0.3 is 0 Å². The topological polar surface area (TPSA) is 69.7 Å². The molecule has 0 fully saturated rings. The second-order valence-electron chi connectivity index (χ2n) is 5.92. The van der Waals surface area contributed by atoms with E-state index >= 15 is 0 Å². The summed E-state index contributed by atoms with van der Waals surface area (Å²) >= 11 is 13.6. The van der Waals surface area contributed by atoms with E-state index in [1.165, 1.54) is 32.7 Å². The number of nitrogens with zero attached hydrogens (tertiary/aromatic N) is 1. The minimum Gasteiger partial charge on any atom is -0.493 e. The molecule has 0 saturated carbocycles. The van der Waals surface area contributed by atoms with Crippen LogP contribution < -0.4 is 19.5 Å². The highest BCUT2D eigenvalue weighted by Gasteiger charge is 2.19. The third-order valence-corrected chi connectivity index (χ3v) is 5.56. The van der Waals surface area contributed by atoms with E-state index < -0.39 is 0 Å². The lowest BCUT2D eigenvalue weighted by Gasteiger charge is -2.13. The summed E-state index contributed by atoms with van der Waals surface area (Å²) in [4.78, 5) is 18.2. The third kappa shape index (κ3) is 4.42. The maximum Gasteiger partial charge on any atom is 0.257 e. The van der Waals surface area contributed by atoms with Crippen molar-refractivity contribution in [1.29, 1.82) is 0 Å². The van der Waals surface area contributed by atoms with Crippen molar-refractivity contribution in [2.75, 3.05) is 26.6 Å². The smallest absolute Gasteiger partial charge is 0.257 e. The first kappa shape index (κ1) is 21.2. The maximum absolute atomic E-state index is 12.8. The molecule has 0 spiro atoms. The van der Waals surface area contributed by atoms with Gasteiger partial charge in [0.15, 0.2) is 16.6 Å². The van der Waals surface area contributed by atoms with Gasteiger partial charge in [0.2, 0.25) is 5.75 Å². The number of aryl methyl sites for hydroxylation is 1. The molecule has 6 nitrogen and oxygen atoms in total. The lowest BCUT2D eigenvalue weighted by molar-refractivity contribution is 0.102. The van der Waals surface area contributed by atoms with Crippen molar-refractivity contribution in [2.24, 2.45) is 0 Å². The van der Waals surface area contributed by atoms with Gasteiger partial charge in [-0.15, -0.1) is 11.3 Å². The summed E-state index contributed by atoms with van der Waals surface area (Å²) in [6.07, 6.45) is 0. The van der Waals surface area contributed by atoms with Gasteiger partial charge in [-0.3, -0.25) is 10.1 Å². The Kier molecular flexibility index (Phi) is 6.52. The molecular weight excluding hydrogens is 435 g/mol. The van der Waals surface area contributed by atoms with E-state index in [1.54, 1.807) is 30.3 Å². The average Bonchev–Trinajstić information content (AvgIpc) is 3.06. The van der Waals surface area contributed by atoms with E-state index in [1.807, 2.05) is 6.92 Å². The molecule has 1 heterocycles. The second kappa shape index (κ2) is 8.90. The van der Waals surface area contributed by atoms with E-state index in [2.05, 4.69) is 10.3 Å². The number of hydrogen-bond donors (Lipinski definition) is 1. The number of hydrogen-bond acceptors (Lipinski definition) is 6. The van der Waals surface area contributed by atoms with Crippen LogP contribution in [-0.4, -0.2) is 32.2 Å². The predicted octanol–water partition coefficient (Wildman–Crippen LogP) is 5.70. The van der Waals surface area contributed by atoms with E-state index in [0.717, 1.165) is 10.4 Å². The van der Waals surface area contributed by atoms with Crippen molar-refractivity contribution in [3.63, 3.8) is 0 Å². The standard InChI is InChI=1S/C20H18Cl2N2O4S/c1-10-17(13-6-5-12(21)9-14(13)22)23-20(29-10)24-19(25)11-7-15(26-2)18(28-4)16(8-11)27-3/h5-9H,1-4H3,(H,23,24,25). The van der Waals surface area contributed by atoms with Gasteiger partial charge in [-0.2, -0.15) is 0 Å². The number of amides is 1. The molecule has 29 heavy (non-hydrogen) atoms. The van der Waals surface area contributed by atoms with Crippen LogP contribution in [-0.2, 0) is 0 Å². The first-order valence-electron chi connectivity index (χ1n) is 8.42. The Morgan fingerprint density at radius 1 is 1.03 bits per heavy atom. The predicted molar refractivity (Wildman–Crippen MR) is 116 cm³/mol. The summed E-state index contributed by atoms with van der Waals surface area (Å²) in [7, 11) is 4.48. The molecule has 0 aliphatic rings. The normalized spacial score (nSPS) is 10.6. The minimum atomic E-state index is -0.355. The van der Waals surface area contributed by atoms with Crippen LogP contribution in [0.4, 0.5) is 5.13 Å². The Labute approximate surface area is 182 Å². The number of rotatable bonds is 6. The molecule has 0 aliphatic carbocycles. The zero-order valence-corrected chi connectivity index (χ0v) is 18.5. The van der Waals surface area contributed by atoms with E-state index in [9.17, 15) is 4.79 Å². The first-order chi connectivity index (χ1) is 13.9. The fourth-order valence-electron chi connectivity index (χ4n) is 2.76. The highest BCUT2D eigenvalue weighted by molar-refractivity contribution is 7.16. The number of carbonyl (C=O) groups excluding carboxylic acids is 1. The maximum atomic E-state index is 12.8. The van der Waals surface area contributed by atoms with Crippen molar-refractivity contribution < 1.29 is 19.0 Å². The van der Waals surface area contributed by atoms with Gasteiger partial charge < -0.3 is 14.2 Å². The Hall–Kier alpha value is -2.48. The molecule has 0 atom stereocenters. The highest BCUT2D eigenvalue weighted by Crippen LogP contribution is 2.39. The number of halogens is 2. The van der Waals surface area contributed by atoms with Gasteiger partial charge in [0, 0.05) is 21.0 Å². The van der Waals surface area contributed by atoms with Gasteiger partial charge in [-0.05, 0) is 37.3 Å². The average molecular weight is 453 g/mol. The highest BCUT2D eigenvalue weighted by atomic mass is 35.5. The molecule has 0 aliphatic heterocycles.